The van der Waals surface area contributed by atoms with E-state index in [1.165, 1.54) is 0 Å². The van der Waals surface area contributed by atoms with Crippen LogP contribution in [0.5, 0.6) is 0 Å². The van der Waals surface area contributed by atoms with E-state index in [-0.39, 0.29) is 0 Å². The minimum absolute atomic E-state index is 0.386. The van der Waals surface area contributed by atoms with Crippen molar-refractivity contribution in [1.29, 1.82) is 0 Å². The second kappa shape index (κ2) is 5.91. The highest BCUT2D eigenvalue weighted by molar-refractivity contribution is 6.53. The monoisotopic (exact) mass is 370 g/mol. The molecular formula is C20H18N8. The molecule has 0 atom stereocenters. The molecule has 0 fully saturated rings. The minimum Gasteiger partial charge on any atom is -0.297 e. The van der Waals surface area contributed by atoms with Gasteiger partial charge in [-0.25, -0.2) is 20.0 Å². The van der Waals surface area contributed by atoms with E-state index in [0.717, 1.165) is 51.2 Å². The third-order valence-corrected chi connectivity index (χ3v) is 4.91. The Morgan fingerprint density at radius 1 is 0.857 bits per heavy atom. The van der Waals surface area contributed by atoms with Crippen LogP contribution in [0.15, 0.2) is 88.8 Å². The van der Waals surface area contributed by atoms with Gasteiger partial charge in [-0.2, -0.15) is 4.99 Å². The molecule has 5 aliphatic rings. The molecule has 0 radical (unpaired) electrons. The van der Waals surface area contributed by atoms with Crippen molar-refractivity contribution in [3.05, 3.63) is 58.7 Å². The van der Waals surface area contributed by atoms with E-state index in [2.05, 4.69) is 43.5 Å². The van der Waals surface area contributed by atoms with Gasteiger partial charge >= 0.3 is 0 Å². The lowest BCUT2D eigenvalue weighted by Crippen LogP contribution is -2.22. The van der Waals surface area contributed by atoms with Gasteiger partial charge in [-0.1, -0.05) is 0 Å². The fourth-order valence-electron chi connectivity index (χ4n) is 3.45. The molecule has 138 valence electrons. The number of aliphatic imine (C=N–C) groups is 5. The van der Waals surface area contributed by atoms with Crippen LogP contribution in [0.2, 0.25) is 0 Å². The number of nitrogens with zero attached hydrogens (tertiary/aromatic N) is 7. The molecule has 0 saturated carbocycles. The Morgan fingerprint density at radius 2 is 1.71 bits per heavy atom. The van der Waals surface area contributed by atoms with Crippen molar-refractivity contribution in [3.63, 3.8) is 0 Å². The van der Waals surface area contributed by atoms with Crippen LogP contribution in [0, 0.1) is 0 Å². The number of rotatable bonds is 0. The van der Waals surface area contributed by atoms with Gasteiger partial charge in [-0.15, -0.1) is 5.10 Å². The Labute approximate surface area is 162 Å². The summed E-state index contributed by atoms with van der Waals surface area (Å²) in [6.45, 7) is 6.00. The van der Waals surface area contributed by atoms with E-state index in [1.807, 2.05) is 50.1 Å². The molecule has 5 aliphatic heterocycles. The standard InChI is InChI=1S/C20H18N8/c1-10-7-15-8-13-5-6-14(22-13)9-16-26-27-20(28(16)4)25-19-21-12(3)18(24-19)11(2)17(10)23-15/h5-9,26H,1-4H3. The van der Waals surface area contributed by atoms with Gasteiger partial charge in [-0.05, 0) is 50.6 Å². The zero-order chi connectivity index (χ0) is 19.4. The summed E-state index contributed by atoms with van der Waals surface area (Å²) in [4.78, 5) is 24.9. The molecule has 5 heterocycles. The van der Waals surface area contributed by atoms with E-state index >= 15 is 0 Å². The average molecular weight is 370 g/mol. The summed E-state index contributed by atoms with van der Waals surface area (Å²) < 4.78 is 0. The fourth-order valence-corrected chi connectivity index (χ4v) is 3.45. The molecule has 0 amide bonds. The highest BCUT2D eigenvalue weighted by atomic mass is 15.5. The number of allylic oxidation sites excluding steroid dienone is 7. The van der Waals surface area contributed by atoms with Gasteiger partial charge < -0.3 is 0 Å². The van der Waals surface area contributed by atoms with E-state index < -0.39 is 0 Å². The Balaban J connectivity index is 1.70. The molecule has 8 nitrogen and oxygen atoms in total. The van der Waals surface area contributed by atoms with Crippen LogP contribution in [0.1, 0.15) is 20.8 Å². The van der Waals surface area contributed by atoms with E-state index in [9.17, 15) is 0 Å². The van der Waals surface area contributed by atoms with E-state index in [4.69, 9.17) is 4.99 Å². The zero-order valence-corrected chi connectivity index (χ0v) is 16.0. The summed E-state index contributed by atoms with van der Waals surface area (Å²) in [7, 11) is 1.89. The van der Waals surface area contributed by atoms with Crippen molar-refractivity contribution < 1.29 is 0 Å². The van der Waals surface area contributed by atoms with Crippen molar-refractivity contribution in [2.45, 2.75) is 20.8 Å². The van der Waals surface area contributed by atoms with E-state index in [1.54, 1.807) is 0 Å². The Bertz CT molecular complexity index is 1160. The molecule has 0 aromatic rings. The number of fused-ring (bicyclic) bond motifs is 5. The maximum atomic E-state index is 4.79. The van der Waals surface area contributed by atoms with Crippen LogP contribution >= 0.6 is 0 Å². The lowest BCUT2D eigenvalue weighted by molar-refractivity contribution is 0.610. The van der Waals surface area contributed by atoms with Crippen LogP contribution in [0.4, 0.5) is 0 Å². The van der Waals surface area contributed by atoms with Gasteiger partial charge in [0, 0.05) is 18.7 Å². The molecule has 0 spiro atoms. The van der Waals surface area contributed by atoms with Gasteiger partial charge in [0.05, 0.1) is 34.2 Å². The summed E-state index contributed by atoms with van der Waals surface area (Å²) >= 11 is 0. The normalized spacial score (nSPS) is 22.7. The van der Waals surface area contributed by atoms with Crippen molar-refractivity contribution in [2.24, 2.45) is 30.1 Å². The van der Waals surface area contributed by atoms with Crippen LogP contribution in [-0.4, -0.2) is 46.7 Å². The molecule has 0 saturated heterocycles. The topological polar surface area (TPSA) is 89.4 Å². The van der Waals surface area contributed by atoms with Crippen LogP contribution in [-0.2, 0) is 0 Å². The van der Waals surface area contributed by atoms with Gasteiger partial charge in [0.1, 0.15) is 5.82 Å². The molecule has 28 heavy (non-hydrogen) atoms. The van der Waals surface area contributed by atoms with Crippen LogP contribution in [0.3, 0.4) is 0 Å². The second-order valence-electron chi connectivity index (χ2n) is 6.96. The van der Waals surface area contributed by atoms with Crippen molar-refractivity contribution in [2.75, 3.05) is 7.05 Å². The number of hydrogen-bond acceptors (Lipinski definition) is 8. The Morgan fingerprint density at radius 3 is 2.57 bits per heavy atom. The summed E-state index contributed by atoms with van der Waals surface area (Å²) in [6.07, 6.45) is 9.91. The first kappa shape index (κ1) is 16.5. The Hall–Kier alpha value is -3.68. The highest BCUT2D eigenvalue weighted by Gasteiger charge is 2.24. The SMILES string of the molecule is CC1=CC2=NC1=C(C)C1=NC(=NC3=NNC(=CC4=NC(=C2)C=C4)N3C)N=C1C. The lowest BCUT2D eigenvalue weighted by atomic mass is 10.0. The summed E-state index contributed by atoms with van der Waals surface area (Å²) in [6, 6.07) is 0. The van der Waals surface area contributed by atoms with Gasteiger partial charge in [-0.3, -0.25) is 10.3 Å². The summed E-state index contributed by atoms with van der Waals surface area (Å²) in [5.41, 5.74) is 10.2. The summed E-state index contributed by atoms with van der Waals surface area (Å²) in [5, 5.41) is 4.28. The molecule has 1 N–H and O–H groups in total. The summed E-state index contributed by atoms with van der Waals surface area (Å²) in [5.74, 6) is 1.67. The van der Waals surface area contributed by atoms with Crippen molar-refractivity contribution >= 4 is 34.8 Å². The first-order valence-electron chi connectivity index (χ1n) is 8.97. The molecule has 8 bridgehead atoms. The number of hydrazone groups is 1. The second-order valence-corrected chi connectivity index (χ2v) is 6.96. The number of guanidine groups is 2. The van der Waals surface area contributed by atoms with Crippen LogP contribution < -0.4 is 5.43 Å². The molecule has 0 aliphatic carbocycles. The predicted octanol–water partition coefficient (Wildman–Crippen LogP) is 2.49. The smallest absolute Gasteiger partial charge is 0.253 e. The maximum absolute atomic E-state index is 4.79. The first-order chi connectivity index (χ1) is 13.5. The average Bonchev–Trinajstić information content (AvgIpc) is 3.40. The van der Waals surface area contributed by atoms with Crippen LogP contribution in [0.25, 0.3) is 0 Å². The molecular weight excluding hydrogens is 352 g/mol. The predicted molar refractivity (Wildman–Crippen MR) is 113 cm³/mol. The lowest BCUT2D eigenvalue weighted by Gasteiger charge is -2.11. The minimum atomic E-state index is 0.386. The molecule has 5 rings (SSSR count). The van der Waals surface area contributed by atoms with Gasteiger partial charge in [0.2, 0.25) is 0 Å². The van der Waals surface area contributed by atoms with Gasteiger partial charge in [0.25, 0.3) is 11.9 Å². The Kier molecular flexibility index (Phi) is 3.48. The van der Waals surface area contributed by atoms with E-state index in [0.29, 0.717) is 11.9 Å². The molecule has 0 unspecified atom stereocenters. The third kappa shape index (κ3) is 2.61. The number of nitrogens with one attached hydrogen (secondary N) is 1. The fraction of sp³-hybridized carbons (Fsp3) is 0.200. The molecule has 0 aromatic heterocycles. The largest absolute Gasteiger partial charge is 0.297 e. The third-order valence-electron chi connectivity index (χ3n) is 4.91. The molecule has 0 aromatic carbocycles. The number of hydrogen-bond donors (Lipinski definition) is 1. The quantitative estimate of drug-likeness (QED) is 0.710. The first-order valence-corrected chi connectivity index (χ1v) is 8.97. The highest BCUT2D eigenvalue weighted by Crippen LogP contribution is 2.26. The van der Waals surface area contributed by atoms with Gasteiger partial charge in [0.15, 0.2) is 0 Å². The maximum Gasteiger partial charge on any atom is 0.253 e. The zero-order valence-electron chi connectivity index (χ0n) is 16.0. The van der Waals surface area contributed by atoms with Crippen molar-refractivity contribution in [1.82, 2.24) is 10.3 Å². The van der Waals surface area contributed by atoms with Crippen molar-refractivity contribution in [3.8, 4) is 0 Å². The molecule has 8 heteroatoms.